The molecule has 0 unspecified atom stereocenters. The van der Waals surface area contributed by atoms with E-state index in [1.807, 2.05) is 26.0 Å². The maximum absolute atomic E-state index is 11.7. The van der Waals surface area contributed by atoms with E-state index in [1.54, 1.807) is 0 Å². The zero-order chi connectivity index (χ0) is 11.5. The van der Waals surface area contributed by atoms with Gasteiger partial charge < -0.3 is 10.3 Å². The highest BCUT2D eigenvalue weighted by molar-refractivity contribution is 7.16. The average molecular weight is 234 g/mol. The lowest BCUT2D eigenvalue weighted by Crippen LogP contribution is -2.26. The Balaban J connectivity index is 2.37. The molecule has 4 nitrogen and oxygen atoms in total. The van der Waals surface area contributed by atoms with Crippen molar-refractivity contribution in [3.63, 3.8) is 0 Å². The van der Waals surface area contributed by atoms with Crippen molar-refractivity contribution in [2.24, 2.45) is 0 Å². The van der Waals surface area contributed by atoms with Gasteiger partial charge in [0.15, 0.2) is 0 Å². The summed E-state index contributed by atoms with van der Waals surface area (Å²) in [5.41, 5.74) is 2.03. The molecule has 1 amide bonds. The van der Waals surface area contributed by atoms with Gasteiger partial charge in [-0.05, 0) is 31.5 Å². The smallest absolute Gasteiger partial charge is 0.305 e. The normalized spacial score (nSPS) is 17.5. The summed E-state index contributed by atoms with van der Waals surface area (Å²) in [5, 5.41) is 2.83. The third-order valence-electron chi connectivity index (χ3n) is 3.05. The fraction of sp³-hybridized carbons (Fsp3) is 0.273. The largest absolute Gasteiger partial charge is 0.325 e. The molecule has 0 aliphatic carbocycles. The van der Waals surface area contributed by atoms with Crippen molar-refractivity contribution in [2.45, 2.75) is 19.3 Å². The molecule has 0 saturated carbocycles. The minimum absolute atomic E-state index is 0.00231. The first-order valence-electron chi connectivity index (χ1n) is 4.97. The standard InChI is InChI=1S/C11H10N2O2S/c1-11(2)5-3-8-7(13-10(15)16-8)4-6(5)12-9(11)14/h3-4H,1-2H3,(H,12,14)(H,13,15). The van der Waals surface area contributed by atoms with Crippen LogP contribution in [0.4, 0.5) is 5.69 Å². The molecule has 0 saturated heterocycles. The van der Waals surface area contributed by atoms with E-state index in [9.17, 15) is 9.59 Å². The van der Waals surface area contributed by atoms with Crippen LogP contribution in [0, 0.1) is 0 Å². The van der Waals surface area contributed by atoms with Crippen LogP contribution in [0.3, 0.4) is 0 Å². The van der Waals surface area contributed by atoms with Crippen molar-refractivity contribution in [1.29, 1.82) is 0 Å². The van der Waals surface area contributed by atoms with Gasteiger partial charge in [-0.3, -0.25) is 9.59 Å². The van der Waals surface area contributed by atoms with Crippen LogP contribution in [0.2, 0.25) is 0 Å². The van der Waals surface area contributed by atoms with Crippen LogP contribution in [0.15, 0.2) is 16.9 Å². The number of carbonyl (C=O) groups is 1. The number of hydrogen-bond donors (Lipinski definition) is 2. The summed E-state index contributed by atoms with van der Waals surface area (Å²) < 4.78 is 0.897. The first-order valence-corrected chi connectivity index (χ1v) is 5.79. The van der Waals surface area contributed by atoms with E-state index in [-0.39, 0.29) is 10.8 Å². The average Bonchev–Trinajstić information content (AvgIpc) is 2.63. The molecule has 5 heteroatoms. The lowest BCUT2D eigenvalue weighted by Gasteiger charge is -2.14. The second kappa shape index (κ2) is 2.74. The van der Waals surface area contributed by atoms with Crippen molar-refractivity contribution < 1.29 is 4.79 Å². The molecule has 2 heterocycles. The third-order valence-corrected chi connectivity index (χ3v) is 3.89. The van der Waals surface area contributed by atoms with Crippen LogP contribution in [0.1, 0.15) is 19.4 Å². The van der Waals surface area contributed by atoms with E-state index in [0.717, 1.165) is 21.5 Å². The van der Waals surface area contributed by atoms with Crippen LogP contribution < -0.4 is 10.2 Å². The number of aromatic amines is 1. The molecule has 3 rings (SSSR count). The summed E-state index contributed by atoms with van der Waals surface area (Å²) in [7, 11) is 0. The van der Waals surface area contributed by atoms with Crippen LogP contribution in [-0.2, 0) is 10.2 Å². The molecule has 2 aromatic rings. The molecule has 0 fully saturated rings. The summed E-state index contributed by atoms with van der Waals surface area (Å²) in [6.07, 6.45) is 0. The molecule has 1 aliphatic heterocycles. The lowest BCUT2D eigenvalue weighted by molar-refractivity contribution is -0.119. The summed E-state index contributed by atoms with van der Waals surface area (Å²) in [5.74, 6) is 0.00231. The Morgan fingerprint density at radius 1 is 1.25 bits per heavy atom. The minimum Gasteiger partial charge on any atom is -0.325 e. The lowest BCUT2D eigenvalue weighted by atomic mass is 9.86. The predicted molar refractivity (Wildman–Crippen MR) is 64.1 cm³/mol. The molecule has 0 spiro atoms. The van der Waals surface area contributed by atoms with E-state index in [2.05, 4.69) is 10.3 Å². The first-order chi connectivity index (χ1) is 7.48. The van der Waals surface area contributed by atoms with Crippen molar-refractivity contribution in [2.75, 3.05) is 5.32 Å². The Kier molecular flexibility index (Phi) is 1.64. The zero-order valence-electron chi connectivity index (χ0n) is 8.88. The van der Waals surface area contributed by atoms with Crippen molar-refractivity contribution in [1.82, 2.24) is 4.98 Å². The van der Waals surface area contributed by atoms with Crippen LogP contribution in [-0.4, -0.2) is 10.9 Å². The fourth-order valence-corrected chi connectivity index (χ4v) is 2.78. The zero-order valence-corrected chi connectivity index (χ0v) is 9.70. The predicted octanol–water partition coefficient (Wildman–Crippen LogP) is 1.82. The number of benzene rings is 1. The number of thiazole rings is 1. The Morgan fingerprint density at radius 3 is 2.75 bits per heavy atom. The molecular formula is C11H10N2O2S. The number of aromatic nitrogens is 1. The highest BCUT2D eigenvalue weighted by Crippen LogP contribution is 2.39. The Labute approximate surface area is 95.3 Å². The van der Waals surface area contributed by atoms with E-state index in [1.165, 1.54) is 11.3 Å². The Hall–Kier alpha value is -1.62. The van der Waals surface area contributed by atoms with Gasteiger partial charge in [0, 0.05) is 5.69 Å². The van der Waals surface area contributed by atoms with Crippen molar-refractivity contribution in [3.8, 4) is 0 Å². The van der Waals surface area contributed by atoms with Gasteiger partial charge in [0.05, 0.1) is 15.6 Å². The van der Waals surface area contributed by atoms with Gasteiger partial charge in [0.1, 0.15) is 0 Å². The first kappa shape index (κ1) is 9.59. The van der Waals surface area contributed by atoms with E-state index in [4.69, 9.17) is 0 Å². The highest BCUT2D eigenvalue weighted by Gasteiger charge is 2.38. The number of fused-ring (bicyclic) bond motifs is 2. The van der Waals surface area contributed by atoms with Crippen LogP contribution >= 0.6 is 11.3 Å². The van der Waals surface area contributed by atoms with Gasteiger partial charge in [-0.15, -0.1) is 0 Å². The van der Waals surface area contributed by atoms with E-state index in [0.29, 0.717) is 0 Å². The van der Waals surface area contributed by atoms with Gasteiger partial charge in [-0.1, -0.05) is 11.3 Å². The molecule has 1 aromatic heterocycles. The molecule has 0 radical (unpaired) electrons. The summed E-state index contributed by atoms with van der Waals surface area (Å²) in [6, 6.07) is 3.75. The van der Waals surface area contributed by atoms with Gasteiger partial charge in [0.2, 0.25) is 5.91 Å². The molecule has 2 N–H and O–H groups in total. The quantitative estimate of drug-likeness (QED) is 0.730. The second-order valence-electron chi connectivity index (χ2n) is 4.49. The number of rotatable bonds is 0. The van der Waals surface area contributed by atoms with Gasteiger partial charge in [0.25, 0.3) is 0 Å². The van der Waals surface area contributed by atoms with E-state index >= 15 is 0 Å². The highest BCUT2D eigenvalue weighted by atomic mass is 32.1. The molecule has 1 aromatic carbocycles. The summed E-state index contributed by atoms with van der Waals surface area (Å²) in [4.78, 5) is 25.6. The number of amides is 1. The van der Waals surface area contributed by atoms with Crippen molar-refractivity contribution >= 4 is 33.1 Å². The number of nitrogens with one attached hydrogen (secondary N) is 2. The van der Waals surface area contributed by atoms with Gasteiger partial charge in [-0.25, -0.2) is 0 Å². The SMILES string of the molecule is CC1(C)C(=O)Nc2cc3[nH]c(=O)sc3cc21. The van der Waals surface area contributed by atoms with Gasteiger partial charge in [-0.2, -0.15) is 0 Å². The minimum atomic E-state index is -0.517. The second-order valence-corrected chi connectivity index (χ2v) is 5.50. The van der Waals surface area contributed by atoms with Gasteiger partial charge >= 0.3 is 4.87 Å². The molecule has 0 atom stereocenters. The number of anilines is 1. The number of H-pyrrole nitrogens is 1. The van der Waals surface area contributed by atoms with Crippen LogP contribution in [0.25, 0.3) is 10.2 Å². The summed E-state index contributed by atoms with van der Waals surface area (Å²) >= 11 is 1.17. The molecule has 82 valence electrons. The molecule has 1 aliphatic rings. The molecule has 16 heavy (non-hydrogen) atoms. The summed E-state index contributed by atoms with van der Waals surface area (Å²) in [6.45, 7) is 3.77. The number of hydrogen-bond acceptors (Lipinski definition) is 3. The monoisotopic (exact) mass is 234 g/mol. The van der Waals surface area contributed by atoms with Crippen molar-refractivity contribution in [3.05, 3.63) is 27.4 Å². The topological polar surface area (TPSA) is 62.0 Å². The Morgan fingerprint density at radius 2 is 2.00 bits per heavy atom. The number of carbonyl (C=O) groups excluding carboxylic acids is 1. The fourth-order valence-electron chi connectivity index (χ4n) is 2.02. The molecular weight excluding hydrogens is 224 g/mol. The maximum atomic E-state index is 11.7. The van der Waals surface area contributed by atoms with E-state index < -0.39 is 5.41 Å². The molecule has 0 bridgehead atoms. The van der Waals surface area contributed by atoms with Crippen LogP contribution in [0.5, 0.6) is 0 Å². The maximum Gasteiger partial charge on any atom is 0.305 e. The Bertz CT molecular complexity index is 666. The third kappa shape index (κ3) is 1.09.